The number of aliphatic carboxylic acids is 1. The zero-order valence-electron chi connectivity index (χ0n) is 10.5. The number of thiazole rings is 1. The minimum atomic E-state index is -4.15. The molecule has 0 saturated heterocycles. The third-order valence-corrected chi connectivity index (χ3v) is 3.39. The molecule has 0 amide bonds. The van der Waals surface area contributed by atoms with Crippen LogP contribution >= 0.6 is 11.3 Å². The van der Waals surface area contributed by atoms with Gasteiger partial charge in [-0.25, -0.2) is 4.98 Å². The molecule has 1 heterocycles. The summed E-state index contributed by atoms with van der Waals surface area (Å²) < 4.78 is 35.8. The molecule has 2 N–H and O–H groups in total. The van der Waals surface area contributed by atoms with Gasteiger partial charge in [0.15, 0.2) is 5.13 Å². The van der Waals surface area contributed by atoms with E-state index in [9.17, 15) is 18.0 Å². The van der Waals surface area contributed by atoms with Gasteiger partial charge < -0.3 is 10.4 Å². The van der Waals surface area contributed by atoms with E-state index in [1.165, 1.54) is 25.2 Å². The highest BCUT2D eigenvalue weighted by Gasteiger charge is 2.32. The second-order valence-corrected chi connectivity index (χ2v) is 5.47. The molecule has 0 atom stereocenters. The first-order chi connectivity index (χ1) is 8.63. The number of carbonyl (C=O) groups is 1. The molecular weight excluding hydrogens is 281 g/mol. The summed E-state index contributed by atoms with van der Waals surface area (Å²) in [6.45, 7) is 3.20. The second kappa shape index (κ2) is 5.77. The molecule has 0 bridgehead atoms. The fourth-order valence-electron chi connectivity index (χ4n) is 1.24. The molecule has 0 radical (unpaired) electrons. The summed E-state index contributed by atoms with van der Waals surface area (Å²) in [4.78, 5) is 15.1. The van der Waals surface area contributed by atoms with Crippen molar-refractivity contribution in [2.24, 2.45) is 0 Å². The van der Waals surface area contributed by atoms with Crippen LogP contribution in [0.2, 0.25) is 0 Å². The second-order valence-electron chi connectivity index (χ2n) is 4.61. The third-order valence-electron chi connectivity index (χ3n) is 2.59. The number of nitrogens with zero attached hydrogens (tertiary/aromatic N) is 1. The zero-order valence-corrected chi connectivity index (χ0v) is 11.4. The van der Waals surface area contributed by atoms with Crippen molar-refractivity contribution in [3.63, 3.8) is 0 Å². The summed E-state index contributed by atoms with van der Waals surface area (Å²) in [5, 5.41) is 13.8. The van der Waals surface area contributed by atoms with Crippen LogP contribution < -0.4 is 5.32 Å². The third kappa shape index (κ3) is 4.70. The highest BCUT2D eigenvalue weighted by molar-refractivity contribution is 7.13. The summed E-state index contributed by atoms with van der Waals surface area (Å²) in [5.41, 5.74) is -0.717. The summed E-state index contributed by atoms with van der Waals surface area (Å²) in [5.74, 6) is -0.999. The maximum absolute atomic E-state index is 11.9. The van der Waals surface area contributed by atoms with Gasteiger partial charge in [-0.3, -0.25) is 4.79 Å². The molecule has 4 nitrogen and oxygen atoms in total. The largest absolute Gasteiger partial charge is 0.481 e. The Morgan fingerprint density at radius 1 is 1.47 bits per heavy atom. The normalized spacial score (nSPS) is 12.5. The van der Waals surface area contributed by atoms with Crippen molar-refractivity contribution in [2.45, 2.75) is 38.3 Å². The van der Waals surface area contributed by atoms with Crippen molar-refractivity contribution < 1.29 is 23.1 Å². The summed E-state index contributed by atoms with van der Waals surface area (Å²) in [7, 11) is 0. The van der Waals surface area contributed by atoms with Gasteiger partial charge in [-0.1, -0.05) is 0 Å². The van der Waals surface area contributed by atoms with Gasteiger partial charge in [0.25, 0.3) is 0 Å². The monoisotopic (exact) mass is 296 g/mol. The molecule has 0 saturated carbocycles. The number of halogens is 3. The lowest BCUT2D eigenvalue weighted by molar-refractivity contribution is -0.142. The molecule has 108 valence electrons. The highest BCUT2D eigenvalue weighted by Crippen LogP contribution is 2.27. The maximum Gasteiger partial charge on any atom is 0.389 e. The summed E-state index contributed by atoms with van der Waals surface area (Å²) in [6.07, 6.45) is -5.04. The van der Waals surface area contributed by atoms with E-state index in [2.05, 4.69) is 10.3 Å². The Morgan fingerprint density at radius 3 is 2.63 bits per heavy atom. The lowest BCUT2D eigenvalue weighted by atomic mass is 9.90. The molecule has 19 heavy (non-hydrogen) atoms. The van der Waals surface area contributed by atoms with Gasteiger partial charge in [-0.05, 0) is 20.3 Å². The van der Waals surface area contributed by atoms with Crippen LogP contribution in [0.25, 0.3) is 0 Å². The average Bonchev–Trinajstić information content (AvgIpc) is 2.72. The number of rotatable bonds is 6. The smallest absolute Gasteiger partial charge is 0.389 e. The molecule has 0 spiro atoms. The Hall–Kier alpha value is -1.31. The number of anilines is 1. The molecular formula is C11H15F3N2O2S. The van der Waals surface area contributed by atoms with E-state index in [0.717, 1.165) is 0 Å². The quantitative estimate of drug-likeness (QED) is 0.791. The van der Waals surface area contributed by atoms with Gasteiger partial charge in [0.1, 0.15) is 5.41 Å². The van der Waals surface area contributed by atoms with Gasteiger partial charge in [0.2, 0.25) is 0 Å². The molecule has 1 aromatic heterocycles. The van der Waals surface area contributed by atoms with Crippen LogP contribution in [0, 0.1) is 0 Å². The Labute approximate surface area is 112 Å². The van der Waals surface area contributed by atoms with E-state index in [0.29, 0.717) is 10.8 Å². The molecule has 0 fully saturated rings. The molecule has 1 rings (SSSR count). The van der Waals surface area contributed by atoms with Crippen LogP contribution in [-0.2, 0) is 10.2 Å². The van der Waals surface area contributed by atoms with Crippen molar-refractivity contribution in [3.8, 4) is 0 Å². The van der Waals surface area contributed by atoms with Gasteiger partial charge in [-0.15, -0.1) is 11.3 Å². The van der Waals surface area contributed by atoms with Crippen molar-refractivity contribution in [2.75, 3.05) is 11.9 Å². The molecule has 0 aliphatic carbocycles. The molecule has 0 aromatic carbocycles. The van der Waals surface area contributed by atoms with Crippen LogP contribution in [0.1, 0.15) is 32.4 Å². The zero-order chi connectivity index (χ0) is 14.7. The molecule has 1 aromatic rings. The predicted octanol–water partition coefficient (Wildman–Crippen LogP) is 3.26. The van der Waals surface area contributed by atoms with Crippen LogP contribution in [0.4, 0.5) is 18.3 Å². The van der Waals surface area contributed by atoms with Crippen LogP contribution in [-0.4, -0.2) is 28.8 Å². The topological polar surface area (TPSA) is 62.2 Å². The number of nitrogens with one attached hydrogen (secondary N) is 1. The van der Waals surface area contributed by atoms with Crippen molar-refractivity contribution in [3.05, 3.63) is 11.1 Å². The van der Waals surface area contributed by atoms with E-state index in [4.69, 9.17) is 5.11 Å². The van der Waals surface area contributed by atoms with Gasteiger partial charge in [0.05, 0.1) is 5.69 Å². The lowest BCUT2D eigenvalue weighted by Crippen LogP contribution is -2.28. The maximum atomic E-state index is 11.9. The highest BCUT2D eigenvalue weighted by atomic mass is 32.1. The SMILES string of the molecule is CC(C)(C(=O)O)c1csc(NCCCC(F)(F)F)n1. The first-order valence-electron chi connectivity index (χ1n) is 5.63. The van der Waals surface area contributed by atoms with E-state index in [1.54, 1.807) is 5.38 Å². The van der Waals surface area contributed by atoms with Crippen molar-refractivity contribution in [1.29, 1.82) is 0 Å². The van der Waals surface area contributed by atoms with Gasteiger partial charge >= 0.3 is 12.1 Å². The number of hydrogen-bond acceptors (Lipinski definition) is 4. The fourth-order valence-corrected chi connectivity index (χ4v) is 2.14. The summed E-state index contributed by atoms with van der Waals surface area (Å²) in [6, 6.07) is 0. The number of carboxylic acid groups (broad SMARTS) is 1. The first kappa shape index (κ1) is 15.7. The van der Waals surface area contributed by atoms with Crippen LogP contribution in [0.15, 0.2) is 5.38 Å². The number of aromatic nitrogens is 1. The molecule has 0 unspecified atom stereocenters. The van der Waals surface area contributed by atoms with Crippen LogP contribution in [0.5, 0.6) is 0 Å². The van der Waals surface area contributed by atoms with Crippen molar-refractivity contribution in [1.82, 2.24) is 4.98 Å². The van der Waals surface area contributed by atoms with Crippen molar-refractivity contribution >= 4 is 22.4 Å². The van der Waals surface area contributed by atoms with E-state index in [-0.39, 0.29) is 13.0 Å². The minimum Gasteiger partial charge on any atom is -0.481 e. The Kier molecular flexibility index (Phi) is 4.78. The minimum absolute atomic E-state index is 0.0409. The Morgan fingerprint density at radius 2 is 2.11 bits per heavy atom. The number of alkyl halides is 3. The number of hydrogen-bond donors (Lipinski definition) is 2. The van der Waals surface area contributed by atoms with Gasteiger partial charge in [-0.2, -0.15) is 13.2 Å². The molecule has 0 aliphatic heterocycles. The van der Waals surface area contributed by atoms with Crippen LogP contribution in [0.3, 0.4) is 0 Å². The average molecular weight is 296 g/mol. The van der Waals surface area contributed by atoms with Gasteiger partial charge in [0, 0.05) is 18.3 Å². The lowest BCUT2D eigenvalue weighted by Gasteiger charge is -2.15. The Bertz CT molecular complexity index is 443. The number of carboxylic acids is 1. The molecule has 8 heteroatoms. The predicted molar refractivity (Wildman–Crippen MR) is 66.6 cm³/mol. The summed E-state index contributed by atoms with van der Waals surface area (Å²) >= 11 is 1.18. The van der Waals surface area contributed by atoms with E-state index < -0.39 is 24.0 Å². The fraction of sp³-hybridized carbons (Fsp3) is 0.636. The van der Waals surface area contributed by atoms with E-state index >= 15 is 0 Å². The first-order valence-corrected chi connectivity index (χ1v) is 6.51. The molecule has 0 aliphatic rings. The standard InChI is InChI=1S/C11H15F3N2O2S/c1-10(2,8(17)18)7-6-19-9(16-7)15-5-3-4-11(12,13)14/h6H,3-5H2,1-2H3,(H,15,16)(H,17,18). The Balaban J connectivity index is 2.50. The van der Waals surface area contributed by atoms with E-state index in [1.807, 2.05) is 0 Å².